The second kappa shape index (κ2) is 6.56. The third kappa shape index (κ3) is 3.81. The van der Waals surface area contributed by atoms with Gasteiger partial charge in [-0.25, -0.2) is 13.2 Å². The van der Waals surface area contributed by atoms with Crippen LogP contribution in [0.3, 0.4) is 0 Å². The fourth-order valence-corrected chi connectivity index (χ4v) is 2.18. The van der Waals surface area contributed by atoms with Crippen LogP contribution in [0, 0.1) is 17.5 Å². The van der Waals surface area contributed by atoms with Crippen LogP contribution in [0.4, 0.5) is 18.9 Å². The quantitative estimate of drug-likeness (QED) is 0.803. The summed E-state index contributed by atoms with van der Waals surface area (Å²) in [7, 11) is 0. The van der Waals surface area contributed by atoms with Gasteiger partial charge in [0.1, 0.15) is 0 Å². The molecule has 0 aliphatic rings. The van der Waals surface area contributed by atoms with Crippen molar-refractivity contribution in [2.24, 2.45) is 0 Å². The maximum Gasteiger partial charge on any atom is 0.194 e. The lowest BCUT2D eigenvalue weighted by Gasteiger charge is -2.15. The van der Waals surface area contributed by atoms with Crippen LogP contribution in [0.25, 0.3) is 0 Å². The van der Waals surface area contributed by atoms with Crippen molar-refractivity contribution in [2.75, 3.05) is 11.9 Å². The summed E-state index contributed by atoms with van der Waals surface area (Å²) in [6, 6.07) is 6.18. The number of nitrogens with one attached hydrogen (secondary N) is 1. The summed E-state index contributed by atoms with van der Waals surface area (Å²) in [5.41, 5.74) is 0.378. The number of hydrogen-bond donors (Lipinski definition) is 2. The molecule has 0 aliphatic heterocycles. The van der Waals surface area contributed by atoms with Gasteiger partial charge in [-0.15, -0.1) is 0 Å². The summed E-state index contributed by atoms with van der Waals surface area (Å²) in [5, 5.41) is 13.3. The minimum Gasteiger partial charge on any atom is -0.387 e. The molecule has 2 nitrogen and oxygen atoms in total. The Morgan fingerprint density at radius 3 is 2.29 bits per heavy atom. The Balaban J connectivity index is 2.11. The van der Waals surface area contributed by atoms with Crippen LogP contribution in [0.15, 0.2) is 30.3 Å². The lowest BCUT2D eigenvalue weighted by Crippen LogP contribution is -2.13. The topological polar surface area (TPSA) is 32.3 Å². The molecule has 2 N–H and O–H groups in total. The van der Waals surface area contributed by atoms with E-state index in [1.165, 1.54) is 12.1 Å². The van der Waals surface area contributed by atoms with Gasteiger partial charge in [0.25, 0.3) is 0 Å². The van der Waals surface area contributed by atoms with E-state index < -0.39 is 23.6 Å². The lowest BCUT2D eigenvalue weighted by atomic mass is 10.1. The Morgan fingerprint density at radius 1 is 1.05 bits per heavy atom. The molecule has 0 aliphatic carbocycles. The van der Waals surface area contributed by atoms with E-state index in [2.05, 4.69) is 5.32 Å². The lowest BCUT2D eigenvalue weighted by molar-refractivity contribution is 0.191. The van der Waals surface area contributed by atoms with Crippen molar-refractivity contribution in [1.82, 2.24) is 0 Å². The zero-order chi connectivity index (χ0) is 15.6. The summed E-state index contributed by atoms with van der Waals surface area (Å²) in [6.07, 6.45) is -1.05. The van der Waals surface area contributed by atoms with E-state index in [0.717, 1.165) is 12.1 Å². The van der Waals surface area contributed by atoms with Gasteiger partial charge in [-0.05, 0) is 18.2 Å². The number of hydrogen-bond acceptors (Lipinski definition) is 2. The van der Waals surface area contributed by atoms with Crippen LogP contribution in [-0.4, -0.2) is 11.7 Å². The first-order valence-corrected chi connectivity index (χ1v) is 6.65. The Morgan fingerprint density at radius 2 is 1.67 bits per heavy atom. The third-order valence-electron chi connectivity index (χ3n) is 2.80. The standard InChI is InChI=1S/C14H10Cl2F3NO/c15-7-1-2-10(16)9(3-7)13(21)6-20-8-4-11(17)14(19)12(18)5-8/h1-5,13,20-21H,6H2. The van der Waals surface area contributed by atoms with Crippen molar-refractivity contribution in [3.63, 3.8) is 0 Å². The van der Waals surface area contributed by atoms with Crippen molar-refractivity contribution < 1.29 is 18.3 Å². The number of aliphatic hydroxyl groups is 1. The van der Waals surface area contributed by atoms with E-state index in [1.807, 2.05) is 0 Å². The third-order valence-corrected chi connectivity index (χ3v) is 3.38. The molecule has 0 radical (unpaired) electrons. The van der Waals surface area contributed by atoms with E-state index in [-0.39, 0.29) is 12.2 Å². The second-order valence-corrected chi connectivity index (χ2v) is 5.16. The molecule has 1 unspecified atom stereocenters. The fourth-order valence-electron chi connectivity index (χ4n) is 1.75. The molecule has 7 heteroatoms. The Bertz CT molecular complexity index is 644. The Hall–Kier alpha value is -1.43. The Kier molecular flexibility index (Phi) is 4.98. The van der Waals surface area contributed by atoms with Crippen LogP contribution in [-0.2, 0) is 0 Å². The highest BCUT2D eigenvalue weighted by atomic mass is 35.5. The molecule has 21 heavy (non-hydrogen) atoms. The number of benzene rings is 2. The zero-order valence-electron chi connectivity index (χ0n) is 10.5. The van der Waals surface area contributed by atoms with E-state index in [1.54, 1.807) is 6.07 Å². The van der Waals surface area contributed by atoms with Crippen LogP contribution >= 0.6 is 23.2 Å². The zero-order valence-corrected chi connectivity index (χ0v) is 12.0. The number of halogens is 5. The van der Waals surface area contributed by atoms with Gasteiger partial charge in [0.05, 0.1) is 6.10 Å². The van der Waals surface area contributed by atoms with Gasteiger partial charge in [-0.2, -0.15) is 0 Å². The minimum atomic E-state index is -1.54. The van der Waals surface area contributed by atoms with Gasteiger partial charge in [0.2, 0.25) is 0 Å². The molecule has 112 valence electrons. The molecule has 2 aromatic carbocycles. The summed E-state index contributed by atoms with van der Waals surface area (Å²) in [4.78, 5) is 0. The molecular weight excluding hydrogens is 326 g/mol. The summed E-state index contributed by atoms with van der Waals surface area (Å²) >= 11 is 11.7. The van der Waals surface area contributed by atoms with Crippen molar-refractivity contribution in [3.8, 4) is 0 Å². The maximum absolute atomic E-state index is 13.0. The second-order valence-electron chi connectivity index (χ2n) is 4.32. The predicted molar refractivity (Wildman–Crippen MR) is 76.2 cm³/mol. The van der Waals surface area contributed by atoms with Crippen LogP contribution in [0.2, 0.25) is 10.0 Å². The van der Waals surface area contributed by atoms with Gasteiger partial charge < -0.3 is 10.4 Å². The molecule has 2 rings (SSSR count). The number of rotatable bonds is 4. The first-order chi connectivity index (χ1) is 9.88. The van der Waals surface area contributed by atoms with E-state index in [4.69, 9.17) is 23.2 Å². The molecule has 1 atom stereocenters. The first kappa shape index (κ1) is 15.9. The number of aliphatic hydroxyl groups excluding tert-OH is 1. The molecule has 0 amide bonds. The summed E-state index contributed by atoms with van der Waals surface area (Å²) < 4.78 is 38.9. The van der Waals surface area contributed by atoms with Gasteiger partial charge in [0.15, 0.2) is 17.5 Å². The molecule has 0 aromatic heterocycles. The maximum atomic E-state index is 13.0. The van der Waals surface area contributed by atoms with Gasteiger partial charge in [-0.1, -0.05) is 23.2 Å². The van der Waals surface area contributed by atoms with E-state index >= 15 is 0 Å². The molecule has 0 heterocycles. The van der Waals surface area contributed by atoms with Gasteiger partial charge >= 0.3 is 0 Å². The molecule has 0 fully saturated rings. The average Bonchev–Trinajstić information content (AvgIpc) is 2.44. The molecule has 2 aromatic rings. The first-order valence-electron chi connectivity index (χ1n) is 5.90. The van der Waals surface area contributed by atoms with Crippen LogP contribution < -0.4 is 5.32 Å². The smallest absolute Gasteiger partial charge is 0.194 e. The normalized spacial score (nSPS) is 12.3. The predicted octanol–water partition coefficient (Wildman–Crippen LogP) is 4.56. The molecular formula is C14H10Cl2F3NO. The van der Waals surface area contributed by atoms with Gasteiger partial charge in [-0.3, -0.25) is 0 Å². The van der Waals surface area contributed by atoms with Gasteiger partial charge in [0, 0.05) is 40.0 Å². The highest BCUT2D eigenvalue weighted by Crippen LogP contribution is 2.27. The number of anilines is 1. The molecule has 0 saturated heterocycles. The van der Waals surface area contributed by atoms with Crippen molar-refractivity contribution in [1.29, 1.82) is 0 Å². The van der Waals surface area contributed by atoms with Crippen molar-refractivity contribution in [3.05, 3.63) is 63.4 Å². The molecule has 0 bridgehead atoms. The monoisotopic (exact) mass is 335 g/mol. The van der Waals surface area contributed by atoms with Crippen LogP contribution in [0.1, 0.15) is 11.7 Å². The molecule has 0 saturated carbocycles. The molecule has 0 spiro atoms. The highest BCUT2D eigenvalue weighted by Gasteiger charge is 2.14. The van der Waals surface area contributed by atoms with Crippen molar-refractivity contribution >= 4 is 28.9 Å². The van der Waals surface area contributed by atoms with Crippen LogP contribution in [0.5, 0.6) is 0 Å². The fraction of sp³-hybridized carbons (Fsp3) is 0.143. The minimum absolute atomic E-state index is 0.00333. The van der Waals surface area contributed by atoms with Crippen molar-refractivity contribution in [2.45, 2.75) is 6.10 Å². The Labute approximate surface area is 129 Å². The SMILES string of the molecule is OC(CNc1cc(F)c(F)c(F)c1)c1cc(Cl)ccc1Cl. The van der Waals surface area contributed by atoms with E-state index in [9.17, 15) is 18.3 Å². The highest BCUT2D eigenvalue weighted by molar-refractivity contribution is 6.33. The summed E-state index contributed by atoms with van der Waals surface area (Å²) in [5.74, 6) is -4.17. The van der Waals surface area contributed by atoms with E-state index in [0.29, 0.717) is 15.6 Å². The average molecular weight is 336 g/mol. The largest absolute Gasteiger partial charge is 0.387 e. The summed E-state index contributed by atoms with van der Waals surface area (Å²) in [6.45, 7) is -0.0788.